The number of carbonyl (C=O) groups excluding carboxylic acids is 1. The monoisotopic (exact) mass is 202 g/mol. The molecule has 1 amide bonds. The van der Waals surface area contributed by atoms with Crippen LogP contribution in [0.5, 0.6) is 0 Å². The van der Waals surface area contributed by atoms with Gasteiger partial charge in [0.1, 0.15) is 6.10 Å². The van der Waals surface area contributed by atoms with Crippen molar-refractivity contribution in [2.24, 2.45) is 11.5 Å². The van der Waals surface area contributed by atoms with Gasteiger partial charge in [-0.15, -0.1) is 0 Å². The van der Waals surface area contributed by atoms with Gasteiger partial charge in [0.2, 0.25) is 5.91 Å². The second-order valence-electron chi connectivity index (χ2n) is 4.14. The summed E-state index contributed by atoms with van der Waals surface area (Å²) >= 11 is 0. The van der Waals surface area contributed by atoms with E-state index in [1.165, 1.54) is 0 Å². The summed E-state index contributed by atoms with van der Waals surface area (Å²) in [7, 11) is 0. The van der Waals surface area contributed by atoms with E-state index >= 15 is 0 Å². The maximum absolute atomic E-state index is 10.7. The first-order chi connectivity index (χ1) is 6.32. The van der Waals surface area contributed by atoms with Gasteiger partial charge < -0.3 is 20.9 Å². The molecular formula is C9H18N2O3. The molecule has 0 aromatic carbocycles. The summed E-state index contributed by atoms with van der Waals surface area (Å²) in [6, 6.07) is -0.399. The average molecular weight is 202 g/mol. The van der Waals surface area contributed by atoms with Crippen molar-refractivity contribution in [1.29, 1.82) is 0 Å². The Kier molecular flexibility index (Phi) is 3.14. The molecule has 14 heavy (non-hydrogen) atoms. The molecule has 0 aromatic heterocycles. The molecule has 1 aliphatic rings. The molecule has 0 unspecified atom stereocenters. The van der Waals surface area contributed by atoms with Crippen molar-refractivity contribution in [3.8, 4) is 0 Å². The smallest absolute Gasteiger partial charge is 0.219 e. The Balaban J connectivity index is 2.57. The van der Waals surface area contributed by atoms with Gasteiger partial charge in [0, 0.05) is 12.5 Å². The van der Waals surface area contributed by atoms with E-state index in [-0.39, 0.29) is 18.6 Å². The lowest BCUT2D eigenvalue weighted by Gasteiger charge is -2.20. The molecule has 0 aliphatic carbocycles. The molecule has 1 fully saturated rings. The van der Waals surface area contributed by atoms with Gasteiger partial charge in [-0.25, -0.2) is 0 Å². The molecule has 4 N–H and O–H groups in total. The molecule has 0 radical (unpaired) electrons. The molecule has 1 aliphatic heterocycles. The van der Waals surface area contributed by atoms with Crippen LogP contribution in [0.3, 0.4) is 0 Å². The molecule has 1 saturated heterocycles. The molecule has 0 aromatic rings. The highest BCUT2D eigenvalue weighted by atomic mass is 16.7. The minimum absolute atomic E-state index is 0.112. The first kappa shape index (κ1) is 11.4. The van der Waals surface area contributed by atoms with Gasteiger partial charge in [0.25, 0.3) is 0 Å². The molecule has 0 saturated carbocycles. The quantitative estimate of drug-likeness (QED) is 0.659. The summed E-state index contributed by atoms with van der Waals surface area (Å²) in [6.07, 6.45) is -0.258. The molecule has 0 spiro atoms. The normalized spacial score (nSPS) is 32.9. The first-order valence-electron chi connectivity index (χ1n) is 4.71. The second kappa shape index (κ2) is 3.84. The van der Waals surface area contributed by atoms with Gasteiger partial charge in [-0.05, 0) is 20.8 Å². The predicted molar refractivity (Wildman–Crippen MR) is 51.3 cm³/mol. The predicted octanol–water partition coefficient (Wildman–Crippen LogP) is -0.271. The largest absolute Gasteiger partial charge is 0.370 e. The highest BCUT2D eigenvalue weighted by molar-refractivity contribution is 5.74. The third-order valence-corrected chi connectivity index (χ3v) is 2.21. The van der Waals surface area contributed by atoms with E-state index in [0.29, 0.717) is 0 Å². The number of primary amides is 1. The van der Waals surface area contributed by atoms with Crippen LogP contribution in [0.1, 0.15) is 27.2 Å². The summed E-state index contributed by atoms with van der Waals surface area (Å²) in [5.74, 6) is -1.04. The lowest BCUT2D eigenvalue weighted by molar-refractivity contribution is -0.147. The standard InChI is InChI=1S/C9H18N2O3/c1-5-8(6(10)4-7(11)12)14-9(2,3)13-5/h5-6,8H,4,10H2,1-3H3,(H2,11,12)/t5-,6-,8-/m0/s1. The average Bonchev–Trinajstić information content (AvgIpc) is 2.23. The molecule has 1 heterocycles. The van der Waals surface area contributed by atoms with Crippen LogP contribution in [0.25, 0.3) is 0 Å². The van der Waals surface area contributed by atoms with Crippen molar-refractivity contribution < 1.29 is 14.3 Å². The van der Waals surface area contributed by atoms with Crippen LogP contribution >= 0.6 is 0 Å². The summed E-state index contributed by atoms with van der Waals surface area (Å²) in [5.41, 5.74) is 10.8. The van der Waals surface area contributed by atoms with Crippen molar-refractivity contribution in [2.45, 2.75) is 51.2 Å². The van der Waals surface area contributed by atoms with E-state index < -0.39 is 17.7 Å². The SMILES string of the molecule is C[C@@H]1OC(C)(C)O[C@@H]1[C@@H](N)CC(N)=O. The summed E-state index contributed by atoms with van der Waals surface area (Å²) in [6.45, 7) is 5.52. The maximum atomic E-state index is 10.7. The molecular weight excluding hydrogens is 184 g/mol. The van der Waals surface area contributed by atoms with Crippen molar-refractivity contribution in [2.75, 3.05) is 0 Å². The van der Waals surface area contributed by atoms with Crippen molar-refractivity contribution in [1.82, 2.24) is 0 Å². The van der Waals surface area contributed by atoms with E-state index in [0.717, 1.165) is 0 Å². The van der Waals surface area contributed by atoms with Crippen molar-refractivity contribution >= 4 is 5.91 Å². The molecule has 1 rings (SSSR count). The summed E-state index contributed by atoms with van der Waals surface area (Å²) in [4.78, 5) is 10.7. The van der Waals surface area contributed by atoms with Crippen molar-refractivity contribution in [3.63, 3.8) is 0 Å². The minimum atomic E-state index is -0.626. The van der Waals surface area contributed by atoms with Gasteiger partial charge in [0.15, 0.2) is 5.79 Å². The van der Waals surface area contributed by atoms with E-state index in [4.69, 9.17) is 20.9 Å². The van der Waals surface area contributed by atoms with Crippen LogP contribution in [0, 0.1) is 0 Å². The minimum Gasteiger partial charge on any atom is -0.370 e. The van der Waals surface area contributed by atoms with E-state index in [2.05, 4.69) is 0 Å². The van der Waals surface area contributed by atoms with Gasteiger partial charge >= 0.3 is 0 Å². The van der Waals surface area contributed by atoms with Crippen LogP contribution in [0.15, 0.2) is 0 Å². The highest BCUT2D eigenvalue weighted by Gasteiger charge is 2.41. The summed E-state index contributed by atoms with van der Waals surface area (Å²) < 4.78 is 11.1. The Morgan fingerprint density at radius 1 is 1.50 bits per heavy atom. The maximum Gasteiger partial charge on any atom is 0.219 e. The highest BCUT2D eigenvalue weighted by Crippen LogP contribution is 2.29. The zero-order valence-corrected chi connectivity index (χ0v) is 8.82. The number of amides is 1. The third-order valence-electron chi connectivity index (χ3n) is 2.21. The van der Waals surface area contributed by atoms with Gasteiger partial charge in [0.05, 0.1) is 6.10 Å². The zero-order chi connectivity index (χ0) is 10.9. The fraction of sp³-hybridized carbons (Fsp3) is 0.889. The second-order valence-corrected chi connectivity index (χ2v) is 4.14. The topological polar surface area (TPSA) is 87.6 Å². The van der Waals surface area contributed by atoms with Gasteiger partial charge in [-0.1, -0.05) is 0 Å². The zero-order valence-electron chi connectivity index (χ0n) is 8.82. The fourth-order valence-electron chi connectivity index (χ4n) is 1.75. The van der Waals surface area contributed by atoms with Gasteiger partial charge in [-0.2, -0.15) is 0 Å². The third kappa shape index (κ3) is 2.67. The number of carbonyl (C=O) groups is 1. The van der Waals surface area contributed by atoms with Crippen molar-refractivity contribution in [3.05, 3.63) is 0 Å². The molecule has 5 heteroatoms. The fourth-order valence-corrected chi connectivity index (χ4v) is 1.75. The number of nitrogens with two attached hydrogens (primary N) is 2. The number of hydrogen-bond acceptors (Lipinski definition) is 4. The number of ether oxygens (including phenoxy) is 2. The van der Waals surface area contributed by atoms with E-state index in [9.17, 15) is 4.79 Å². The molecule has 5 nitrogen and oxygen atoms in total. The lowest BCUT2D eigenvalue weighted by atomic mass is 10.0. The van der Waals surface area contributed by atoms with E-state index in [1.54, 1.807) is 0 Å². The Bertz CT molecular complexity index is 230. The van der Waals surface area contributed by atoms with Crippen LogP contribution in [0.2, 0.25) is 0 Å². The lowest BCUT2D eigenvalue weighted by Crippen LogP contribution is -2.43. The molecule has 82 valence electrons. The Labute approximate surface area is 83.7 Å². The van der Waals surface area contributed by atoms with Gasteiger partial charge in [-0.3, -0.25) is 4.79 Å². The Morgan fingerprint density at radius 3 is 2.43 bits per heavy atom. The Morgan fingerprint density at radius 2 is 2.07 bits per heavy atom. The molecule has 0 bridgehead atoms. The van der Waals surface area contributed by atoms with Crippen LogP contribution < -0.4 is 11.5 Å². The summed E-state index contributed by atoms with van der Waals surface area (Å²) in [5, 5.41) is 0. The van der Waals surface area contributed by atoms with Crippen LogP contribution in [-0.4, -0.2) is 29.9 Å². The van der Waals surface area contributed by atoms with Crippen LogP contribution in [-0.2, 0) is 14.3 Å². The van der Waals surface area contributed by atoms with E-state index in [1.807, 2.05) is 20.8 Å². The molecule has 3 atom stereocenters. The first-order valence-corrected chi connectivity index (χ1v) is 4.71. The van der Waals surface area contributed by atoms with Crippen LogP contribution in [0.4, 0.5) is 0 Å². The number of hydrogen-bond donors (Lipinski definition) is 2. The number of rotatable bonds is 3. The Hall–Kier alpha value is -0.650.